The van der Waals surface area contributed by atoms with Gasteiger partial charge in [-0.25, -0.2) is 9.07 Å². The summed E-state index contributed by atoms with van der Waals surface area (Å²) in [4.78, 5) is 0. The third-order valence-electron chi connectivity index (χ3n) is 2.31. The summed E-state index contributed by atoms with van der Waals surface area (Å²) in [5.74, 6) is -0.362. The van der Waals surface area contributed by atoms with Gasteiger partial charge in [0.15, 0.2) is 0 Å². The lowest BCUT2D eigenvalue weighted by Gasteiger charge is -2.13. The highest BCUT2D eigenvalue weighted by Gasteiger charge is 2.19. The maximum atomic E-state index is 13.6. The van der Waals surface area contributed by atoms with Crippen LogP contribution in [-0.2, 0) is 5.54 Å². The van der Waals surface area contributed by atoms with E-state index in [1.54, 1.807) is 18.3 Å². The lowest BCUT2D eigenvalue weighted by Crippen LogP contribution is -2.29. The summed E-state index contributed by atoms with van der Waals surface area (Å²) in [6, 6.07) is 4.63. The molecule has 0 spiro atoms. The van der Waals surface area contributed by atoms with E-state index in [0.717, 1.165) is 4.47 Å². The van der Waals surface area contributed by atoms with Gasteiger partial charge in [-0.3, -0.25) is 0 Å². The molecule has 4 nitrogen and oxygen atoms in total. The van der Waals surface area contributed by atoms with Gasteiger partial charge in [0.2, 0.25) is 0 Å². The van der Waals surface area contributed by atoms with Gasteiger partial charge >= 0.3 is 0 Å². The summed E-state index contributed by atoms with van der Waals surface area (Å²) >= 11 is 3.29. The first-order chi connectivity index (χ1) is 7.88. The molecule has 0 unspecified atom stereocenters. The van der Waals surface area contributed by atoms with Crippen molar-refractivity contribution in [2.45, 2.75) is 19.4 Å². The van der Waals surface area contributed by atoms with E-state index in [4.69, 9.17) is 5.73 Å². The van der Waals surface area contributed by atoms with Crippen LogP contribution >= 0.6 is 15.9 Å². The van der Waals surface area contributed by atoms with Gasteiger partial charge in [0.05, 0.1) is 11.7 Å². The second-order valence-electron chi connectivity index (χ2n) is 4.37. The third-order valence-corrected chi connectivity index (χ3v) is 2.80. The zero-order valence-corrected chi connectivity index (χ0v) is 11.1. The van der Waals surface area contributed by atoms with Crippen molar-refractivity contribution in [2.75, 3.05) is 0 Å². The van der Waals surface area contributed by atoms with E-state index < -0.39 is 5.54 Å². The molecule has 2 N–H and O–H groups in total. The van der Waals surface area contributed by atoms with Crippen molar-refractivity contribution < 1.29 is 4.39 Å². The molecular weight excluding hydrogens is 287 g/mol. The topological polar surface area (TPSA) is 56.7 Å². The van der Waals surface area contributed by atoms with Crippen LogP contribution < -0.4 is 5.73 Å². The molecular formula is C11H12BrFN4. The van der Waals surface area contributed by atoms with Crippen molar-refractivity contribution in [1.29, 1.82) is 0 Å². The second-order valence-corrected chi connectivity index (χ2v) is 5.28. The smallest absolute Gasteiger partial charge is 0.148 e. The first-order valence-electron chi connectivity index (χ1n) is 5.05. The van der Waals surface area contributed by atoms with Crippen LogP contribution in [0.5, 0.6) is 0 Å². The molecule has 2 aromatic rings. The minimum atomic E-state index is -0.596. The molecule has 0 amide bonds. The fourth-order valence-corrected chi connectivity index (χ4v) is 1.69. The van der Waals surface area contributed by atoms with Crippen LogP contribution in [-0.4, -0.2) is 15.0 Å². The number of hydrogen-bond donors (Lipinski definition) is 1. The molecule has 0 atom stereocenters. The molecule has 0 radical (unpaired) electrons. The largest absolute Gasteiger partial charge is 0.320 e. The summed E-state index contributed by atoms with van der Waals surface area (Å²) in [7, 11) is 0. The third kappa shape index (κ3) is 2.53. The van der Waals surface area contributed by atoms with E-state index in [9.17, 15) is 4.39 Å². The standard InChI is InChI=1S/C11H12BrFN4/c1-11(2,14)10-6-17(16-15-10)9-5-7(12)3-4-8(9)13/h3-6H,14H2,1-2H3. The lowest BCUT2D eigenvalue weighted by atomic mass is 10.0. The SMILES string of the molecule is CC(C)(N)c1cn(-c2cc(Br)ccc2F)nn1. The van der Waals surface area contributed by atoms with Gasteiger partial charge in [-0.15, -0.1) is 5.10 Å². The Hall–Kier alpha value is -1.27. The van der Waals surface area contributed by atoms with Crippen molar-refractivity contribution >= 4 is 15.9 Å². The molecule has 90 valence electrons. The predicted molar refractivity (Wildman–Crippen MR) is 66.2 cm³/mol. The molecule has 1 aromatic carbocycles. The van der Waals surface area contributed by atoms with Crippen LogP contribution in [0.2, 0.25) is 0 Å². The molecule has 0 saturated carbocycles. The quantitative estimate of drug-likeness (QED) is 0.926. The molecule has 0 aliphatic carbocycles. The normalized spacial score (nSPS) is 11.8. The average molecular weight is 299 g/mol. The van der Waals surface area contributed by atoms with Crippen LogP contribution in [0.15, 0.2) is 28.9 Å². The van der Waals surface area contributed by atoms with Crippen molar-refractivity contribution in [3.63, 3.8) is 0 Å². The second kappa shape index (κ2) is 4.19. The summed E-state index contributed by atoms with van der Waals surface area (Å²) in [6.07, 6.45) is 1.63. The monoisotopic (exact) mass is 298 g/mol. The van der Waals surface area contributed by atoms with Crippen LogP contribution in [0.1, 0.15) is 19.5 Å². The Morgan fingerprint density at radius 3 is 2.71 bits per heavy atom. The number of nitrogens with zero attached hydrogens (tertiary/aromatic N) is 3. The van der Waals surface area contributed by atoms with Gasteiger partial charge in [-0.05, 0) is 32.0 Å². The molecule has 17 heavy (non-hydrogen) atoms. The Kier molecular flexibility index (Phi) is 3.01. The number of hydrogen-bond acceptors (Lipinski definition) is 3. The van der Waals surface area contributed by atoms with Crippen molar-refractivity contribution in [3.05, 3.63) is 40.4 Å². The minimum absolute atomic E-state index is 0.336. The van der Waals surface area contributed by atoms with Gasteiger partial charge in [-0.1, -0.05) is 21.1 Å². The van der Waals surface area contributed by atoms with Gasteiger partial charge in [-0.2, -0.15) is 0 Å². The fourth-order valence-electron chi connectivity index (χ4n) is 1.34. The van der Waals surface area contributed by atoms with Gasteiger partial charge in [0, 0.05) is 4.47 Å². The van der Waals surface area contributed by atoms with Crippen LogP contribution in [0, 0.1) is 5.82 Å². The Balaban J connectivity index is 2.47. The maximum absolute atomic E-state index is 13.6. The molecule has 0 aliphatic heterocycles. The molecule has 1 aromatic heterocycles. The number of benzene rings is 1. The van der Waals surface area contributed by atoms with Crippen LogP contribution in [0.3, 0.4) is 0 Å². The van der Waals surface area contributed by atoms with Gasteiger partial charge in [0.1, 0.15) is 17.2 Å². The summed E-state index contributed by atoms with van der Waals surface area (Å²) in [6.45, 7) is 3.64. The average Bonchev–Trinajstić information content (AvgIpc) is 2.70. The van der Waals surface area contributed by atoms with Crippen LogP contribution in [0.4, 0.5) is 4.39 Å². The minimum Gasteiger partial charge on any atom is -0.320 e. The van der Waals surface area contributed by atoms with E-state index in [0.29, 0.717) is 11.4 Å². The van der Waals surface area contributed by atoms with Gasteiger partial charge in [0.25, 0.3) is 0 Å². The molecule has 0 saturated heterocycles. The van der Waals surface area contributed by atoms with E-state index in [2.05, 4.69) is 26.2 Å². The predicted octanol–water partition coefficient (Wildman–Crippen LogP) is 2.36. The Morgan fingerprint density at radius 2 is 2.12 bits per heavy atom. The summed E-state index contributed by atoms with van der Waals surface area (Å²) in [5, 5.41) is 7.82. The number of rotatable bonds is 2. The molecule has 0 fully saturated rings. The van der Waals surface area contributed by atoms with Crippen molar-refractivity contribution in [1.82, 2.24) is 15.0 Å². The molecule has 1 heterocycles. The highest BCUT2D eigenvalue weighted by Crippen LogP contribution is 2.20. The highest BCUT2D eigenvalue weighted by molar-refractivity contribution is 9.10. The van der Waals surface area contributed by atoms with E-state index in [1.165, 1.54) is 10.7 Å². The molecule has 0 bridgehead atoms. The number of aromatic nitrogens is 3. The van der Waals surface area contributed by atoms with Crippen LogP contribution in [0.25, 0.3) is 5.69 Å². The molecule has 2 rings (SSSR count). The van der Waals surface area contributed by atoms with E-state index in [-0.39, 0.29) is 5.82 Å². The zero-order chi connectivity index (χ0) is 12.6. The summed E-state index contributed by atoms with van der Waals surface area (Å²) in [5.41, 5.74) is 6.24. The lowest BCUT2D eigenvalue weighted by molar-refractivity contribution is 0.533. The number of halogens is 2. The first kappa shape index (κ1) is 12.2. The summed E-state index contributed by atoms with van der Waals surface area (Å²) < 4.78 is 15.8. The maximum Gasteiger partial charge on any atom is 0.148 e. The first-order valence-corrected chi connectivity index (χ1v) is 5.84. The van der Waals surface area contributed by atoms with E-state index >= 15 is 0 Å². The Morgan fingerprint density at radius 1 is 1.41 bits per heavy atom. The van der Waals surface area contributed by atoms with Crippen molar-refractivity contribution in [3.8, 4) is 5.69 Å². The highest BCUT2D eigenvalue weighted by atomic mass is 79.9. The molecule has 0 aliphatic rings. The Bertz CT molecular complexity index is 545. The van der Waals surface area contributed by atoms with Crippen molar-refractivity contribution in [2.24, 2.45) is 5.73 Å². The zero-order valence-electron chi connectivity index (χ0n) is 9.48. The Labute approximate surface area is 107 Å². The van der Waals surface area contributed by atoms with Gasteiger partial charge < -0.3 is 5.73 Å². The molecule has 6 heteroatoms. The van der Waals surface area contributed by atoms with E-state index in [1.807, 2.05) is 13.8 Å². The number of nitrogens with two attached hydrogens (primary N) is 1. The fraction of sp³-hybridized carbons (Fsp3) is 0.273.